The zero-order valence-electron chi connectivity index (χ0n) is 12.8. The molecular weight excluding hydrogens is 480 g/mol. The molecule has 0 amide bonds. The second kappa shape index (κ2) is 8.05. The van der Waals surface area contributed by atoms with E-state index < -0.39 is 10.8 Å². The first-order valence-electron chi connectivity index (χ1n) is 7.24. The predicted octanol–water partition coefficient (Wildman–Crippen LogP) is 7.85. The molecule has 9 heteroatoms. The third-order valence-electron chi connectivity index (χ3n) is 3.95. The minimum absolute atomic E-state index is 0.279. The SMILES string of the molecule is ClC1=CC(Cl)(C(c2c(Cl)cncc2Cl)c2c(Cl)cncc2Cl)CC(Cl)=C1. The van der Waals surface area contributed by atoms with Crippen LogP contribution < -0.4 is 0 Å². The normalized spacial score (nSPS) is 20.2. The summed E-state index contributed by atoms with van der Waals surface area (Å²) in [4.78, 5) is 6.89. The zero-order chi connectivity index (χ0) is 19.1. The predicted molar refractivity (Wildman–Crippen MR) is 111 cm³/mol. The van der Waals surface area contributed by atoms with E-state index in [0.717, 1.165) is 0 Å². The highest BCUT2D eigenvalue weighted by Gasteiger charge is 2.43. The Kier molecular flexibility index (Phi) is 6.36. The van der Waals surface area contributed by atoms with Gasteiger partial charge in [0.1, 0.15) is 0 Å². The van der Waals surface area contributed by atoms with Gasteiger partial charge in [-0.2, -0.15) is 0 Å². The molecule has 1 aliphatic rings. The summed E-state index contributed by atoms with van der Waals surface area (Å²) in [7, 11) is 0. The van der Waals surface area contributed by atoms with Crippen molar-refractivity contribution in [2.75, 3.05) is 0 Å². The number of allylic oxidation sites excluding steroid dienone is 4. The molecule has 0 aromatic carbocycles. The average Bonchev–Trinajstić information content (AvgIpc) is 2.51. The molecule has 1 atom stereocenters. The van der Waals surface area contributed by atoms with E-state index in [9.17, 15) is 0 Å². The fourth-order valence-corrected chi connectivity index (χ4v) is 5.48. The fraction of sp³-hybridized carbons (Fsp3) is 0.176. The molecule has 0 saturated carbocycles. The van der Waals surface area contributed by atoms with Crippen LogP contribution in [0.5, 0.6) is 0 Å². The van der Waals surface area contributed by atoms with Crippen molar-refractivity contribution in [1.29, 1.82) is 0 Å². The molecule has 1 aliphatic carbocycles. The molecule has 0 fully saturated rings. The minimum atomic E-state index is -1.10. The summed E-state index contributed by atoms with van der Waals surface area (Å²) >= 11 is 45.2. The van der Waals surface area contributed by atoms with E-state index >= 15 is 0 Å². The fourth-order valence-electron chi connectivity index (χ4n) is 2.99. The Morgan fingerprint density at radius 3 is 1.58 bits per heavy atom. The smallest absolute Gasteiger partial charge is 0.0802 e. The summed E-state index contributed by atoms with van der Waals surface area (Å²) in [5.41, 5.74) is 1.06. The first-order chi connectivity index (χ1) is 12.2. The second-order valence-electron chi connectivity index (χ2n) is 5.69. The van der Waals surface area contributed by atoms with Gasteiger partial charge in [0.15, 0.2) is 0 Å². The molecule has 2 heterocycles. The largest absolute Gasteiger partial charge is 0.262 e. The van der Waals surface area contributed by atoms with Gasteiger partial charge in [-0.05, 0) is 12.2 Å². The first kappa shape index (κ1) is 20.5. The number of alkyl halides is 1. The summed E-state index contributed by atoms with van der Waals surface area (Å²) in [5.74, 6) is -0.647. The highest BCUT2D eigenvalue weighted by Crippen LogP contribution is 2.53. The molecule has 136 valence electrons. The van der Waals surface area contributed by atoms with Gasteiger partial charge in [0.05, 0.1) is 25.0 Å². The van der Waals surface area contributed by atoms with Crippen molar-refractivity contribution in [3.05, 3.63) is 78.2 Å². The number of hydrogen-bond donors (Lipinski definition) is 0. The van der Waals surface area contributed by atoms with E-state index in [2.05, 4.69) is 9.97 Å². The molecule has 0 radical (unpaired) electrons. The molecule has 0 bridgehead atoms. The summed E-state index contributed by atoms with van der Waals surface area (Å²) in [6, 6.07) is 0. The van der Waals surface area contributed by atoms with Crippen LogP contribution in [0, 0.1) is 0 Å². The lowest BCUT2D eigenvalue weighted by Crippen LogP contribution is -2.32. The van der Waals surface area contributed by atoms with Crippen LogP contribution in [0.1, 0.15) is 23.5 Å². The Bertz CT molecular complexity index is 833. The van der Waals surface area contributed by atoms with Crippen molar-refractivity contribution >= 4 is 81.2 Å². The quantitative estimate of drug-likeness (QED) is 0.411. The minimum Gasteiger partial charge on any atom is -0.262 e. The van der Waals surface area contributed by atoms with Crippen LogP contribution in [0.3, 0.4) is 0 Å². The number of aromatic nitrogens is 2. The number of hydrogen-bond acceptors (Lipinski definition) is 2. The van der Waals surface area contributed by atoms with Crippen molar-refractivity contribution in [2.24, 2.45) is 0 Å². The Morgan fingerprint density at radius 1 is 0.769 bits per heavy atom. The number of pyridine rings is 2. The van der Waals surface area contributed by atoms with Gasteiger partial charge in [-0.3, -0.25) is 9.97 Å². The Hall–Kier alpha value is -0.190. The molecule has 26 heavy (non-hydrogen) atoms. The molecule has 2 aromatic heterocycles. The Balaban J connectivity index is 2.33. The molecule has 2 aromatic rings. The van der Waals surface area contributed by atoms with Crippen molar-refractivity contribution < 1.29 is 0 Å². The van der Waals surface area contributed by atoms with E-state index in [-0.39, 0.29) is 6.42 Å². The lowest BCUT2D eigenvalue weighted by Gasteiger charge is -2.37. The lowest BCUT2D eigenvalue weighted by atomic mass is 9.77. The van der Waals surface area contributed by atoms with Gasteiger partial charge in [0, 0.05) is 58.3 Å². The lowest BCUT2D eigenvalue weighted by molar-refractivity contribution is 0.605. The molecule has 0 spiro atoms. The Labute approximate surface area is 185 Å². The van der Waals surface area contributed by atoms with Gasteiger partial charge in [-0.15, -0.1) is 11.6 Å². The van der Waals surface area contributed by atoms with Gasteiger partial charge in [0.2, 0.25) is 0 Å². The maximum Gasteiger partial charge on any atom is 0.0802 e. The topological polar surface area (TPSA) is 25.8 Å². The highest BCUT2D eigenvalue weighted by atomic mass is 35.5. The maximum absolute atomic E-state index is 7.03. The number of nitrogens with zero attached hydrogens (tertiary/aromatic N) is 2. The van der Waals surface area contributed by atoms with Crippen molar-refractivity contribution in [2.45, 2.75) is 17.2 Å². The van der Waals surface area contributed by atoms with Crippen LogP contribution in [0.25, 0.3) is 0 Å². The third kappa shape index (κ3) is 3.98. The average molecular weight is 489 g/mol. The summed E-state index contributed by atoms with van der Waals surface area (Å²) in [5, 5.41) is 2.16. The Morgan fingerprint density at radius 2 is 1.19 bits per heavy atom. The molecule has 0 aliphatic heterocycles. The molecule has 3 rings (SSSR count). The van der Waals surface area contributed by atoms with E-state index in [1.54, 1.807) is 12.2 Å². The standard InChI is InChI=1S/C17H9Cl7N2/c18-8-1-9(19)3-17(24,2-8)16(14-10(20)4-25-5-11(14)21)15-12(22)6-26-7-13(15)23/h1-2,4-7,16H,3H2. The van der Waals surface area contributed by atoms with E-state index in [1.165, 1.54) is 24.8 Å². The van der Waals surface area contributed by atoms with Crippen LogP contribution in [-0.4, -0.2) is 14.8 Å². The molecule has 2 nitrogen and oxygen atoms in total. The number of halogens is 7. The molecule has 0 N–H and O–H groups in total. The van der Waals surface area contributed by atoms with E-state index in [1.807, 2.05) is 0 Å². The van der Waals surface area contributed by atoms with Crippen molar-refractivity contribution in [1.82, 2.24) is 9.97 Å². The summed E-state index contributed by atoms with van der Waals surface area (Å²) in [6.07, 6.45) is 9.50. The van der Waals surface area contributed by atoms with Crippen LogP contribution in [0.4, 0.5) is 0 Å². The summed E-state index contributed by atoms with van der Waals surface area (Å²) in [6.45, 7) is 0. The van der Waals surface area contributed by atoms with E-state index in [0.29, 0.717) is 41.3 Å². The zero-order valence-corrected chi connectivity index (χ0v) is 18.1. The third-order valence-corrected chi connectivity index (χ3v) is 6.08. The van der Waals surface area contributed by atoms with Gasteiger partial charge < -0.3 is 0 Å². The van der Waals surface area contributed by atoms with Crippen LogP contribution in [0.2, 0.25) is 20.1 Å². The van der Waals surface area contributed by atoms with Gasteiger partial charge in [0.25, 0.3) is 0 Å². The summed E-state index contributed by atoms with van der Waals surface area (Å²) < 4.78 is 0. The van der Waals surface area contributed by atoms with E-state index in [4.69, 9.17) is 81.2 Å². The van der Waals surface area contributed by atoms with Crippen LogP contribution in [0.15, 0.2) is 47.0 Å². The first-order valence-corrected chi connectivity index (χ1v) is 9.88. The van der Waals surface area contributed by atoms with Crippen LogP contribution >= 0.6 is 81.2 Å². The van der Waals surface area contributed by atoms with Gasteiger partial charge >= 0.3 is 0 Å². The molecule has 1 unspecified atom stereocenters. The van der Waals surface area contributed by atoms with Crippen molar-refractivity contribution in [3.63, 3.8) is 0 Å². The second-order valence-corrected chi connectivity index (χ2v) is 8.95. The van der Waals surface area contributed by atoms with Crippen molar-refractivity contribution in [3.8, 4) is 0 Å². The molecular formula is C17H9Cl7N2. The van der Waals surface area contributed by atoms with Gasteiger partial charge in [-0.1, -0.05) is 69.6 Å². The molecule has 0 saturated heterocycles. The van der Waals surface area contributed by atoms with Crippen LogP contribution in [-0.2, 0) is 0 Å². The van der Waals surface area contributed by atoms with Gasteiger partial charge in [-0.25, -0.2) is 0 Å². The number of rotatable bonds is 3. The monoisotopic (exact) mass is 486 g/mol. The highest BCUT2D eigenvalue weighted by molar-refractivity contribution is 6.40. The maximum atomic E-state index is 7.03.